The summed E-state index contributed by atoms with van der Waals surface area (Å²) < 4.78 is 45.0. The van der Waals surface area contributed by atoms with Crippen molar-refractivity contribution in [2.75, 3.05) is 6.61 Å². The van der Waals surface area contributed by atoms with Crippen molar-refractivity contribution in [1.82, 2.24) is 4.98 Å². The highest BCUT2D eigenvalue weighted by molar-refractivity contribution is 7.73. The van der Waals surface area contributed by atoms with E-state index in [4.69, 9.17) is 13.8 Å². The van der Waals surface area contributed by atoms with E-state index in [9.17, 15) is 28.8 Å². The first-order chi connectivity index (χ1) is 14.1. The van der Waals surface area contributed by atoms with Gasteiger partial charge in [0.25, 0.3) is 5.08 Å². The summed E-state index contributed by atoms with van der Waals surface area (Å²) in [6.45, 7) is 1.73. The normalized spacial score (nSPS) is 31.1. The van der Waals surface area contributed by atoms with Crippen molar-refractivity contribution in [3.05, 3.63) is 59.9 Å². The zero-order chi connectivity index (χ0) is 22.0. The van der Waals surface area contributed by atoms with Crippen molar-refractivity contribution in [2.45, 2.75) is 24.7 Å². The van der Waals surface area contributed by atoms with E-state index in [-0.39, 0.29) is 23.5 Å². The molecule has 30 heavy (non-hydrogen) atoms. The fourth-order valence-electron chi connectivity index (χ4n) is 2.64. The van der Waals surface area contributed by atoms with Crippen LogP contribution in [0.4, 0.5) is 4.79 Å². The molecule has 1 saturated heterocycles. The molecule has 2 unspecified atom stereocenters. The largest absolute Gasteiger partial charge is 0.513 e. The van der Waals surface area contributed by atoms with Crippen molar-refractivity contribution in [1.29, 1.82) is 0 Å². The molecule has 0 radical (unpaired) electrons. The Bertz CT molecular complexity index is 971. The van der Waals surface area contributed by atoms with Gasteiger partial charge in [-0.2, -0.15) is 0 Å². The predicted molar refractivity (Wildman–Crippen MR) is 102 cm³/mol. The summed E-state index contributed by atoms with van der Waals surface area (Å²) in [5.41, 5.74) is 0.313. The smallest absolute Gasteiger partial charge is 0.434 e. The van der Waals surface area contributed by atoms with Crippen LogP contribution in [0.25, 0.3) is 0 Å². The molecule has 2 aromatic rings. The first-order valence-corrected chi connectivity index (χ1v) is 11.8. The van der Waals surface area contributed by atoms with Crippen molar-refractivity contribution in [3.63, 3.8) is 0 Å². The van der Waals surface area contributed by atoms with Crippen LogP contribution >= 0.6 is 15.2 Å². The average Bonchev–Trinajstić information content (AvgIpc) is 2.67. The first-order valence-electron chi connectivity index (χ1n) is 8.66. The highest BCUT2D eigenvalue weighted by Gasteiger charge is 2.67. The molecule has 1 aliphatic rings. The van der Waals surface area contributed by atoms with Crippen molar-refractivity contribution < 1.29 is 47.3 Å². The zero-order valence-electron chi connectivity index (χ0n) is 15.7. The Kier molecular flexibility index (Phi) is 6.45. The van der Waals surface area contributed by atoms with Crippen LogP contribution in [-0.2, 0) is 29.3 Å². The number of hydrogen-bond acceptors (Lipinski definition) is 9. The van der Waals surface area contributed by atoms with Gasteiger partial charge in [0.1, 0.15) is 5.75 Å². The number of nitrogens with zero attached hydrogens (tertiary/aromatic N) is 1. The van der Waals surface area contributed by atoms with Crippen LogP contribution in [0.15, 0.2) is 48.8 Å². The molecular weight excluding hydrogens is 440 g/mol. The van der Waals surface area contributed by atoms with Crippen molar-refractivity contribution in [3.8, 4) is 5.75 Å². The van der Waals surface area contributed by atoms with Gasteiger partial charge in [0, 0.05) is 24.4 Å². The van der Waals surface area contributed by atoms with Gasteiger partial charge in [-0.1, -0.05) is 18.2 Å². The number of hydrogen-bond donors (Lipinski definition) is 3. The lowest BCUT2D eigenvalue weighted by molar-refractivity contribution is -0.0579. The average molecular weight is 459 g/mol. The first kappa shape index (κ1) is 22.6. The number of aromatic nitrogens is 1. The summed E-state index contributed by atoms with van der Waals surface area (Å²) in [4.78, 5) is 35.8. The lowest BCUT2D eigenvalue weighted by Gasteiger charge is -2.41. The Hall–Kier alpha value is -2.10. The van der Waals surface area contributed by atoms with Crippen molar-refractivity contribution in [2.24, 2.45) is 0 Å². The third kappa shape index (κ3) is 4.48. The van der Waals surface area contributed by atoms with E-state index in [1.165, 1.54) is 48.8 Å². The second-order valence-corrected chi connectivity index (χ2v) is 10.6. The van der Waals surface area contributed by atoms with E-state index >= 15 is 0 Å². The number of carbonyl (C=O) groups excluding carboxylic acids is 1. The number of ether oxygens (including phenoxy) is 2. The molecule has 0 amide bonds. The molecule has 0 spiro atoms. The van der Waals surface area contributed by atoms with Crippen LogP contribution in [-0.4, -0.2) is 37.7 Å². The number of rotatable bonds is 5. The molecule has 1 aliphatic heterocycles. The van der Waals surface area contributed by atoms with E-state index < -0.39 is 39.1 Å². The molecular formula is C17H19NO10P2. The summed E-state index contributed by atoms with van der Waals surface area (Å²) in [5.74, 6) is 0.0976. The van der Waals surface area contributed by atoms with E-state index in [1.54, 1.807) is 6.92 Å². The van der Waals surface area contributed by atoms with Gasteiger partial charge in [0.05, 0.1) is 6.61 Å². The van der Waals surface area contributed by atoms with Gasteiger partial charge < -0.3 is 24.4 Å². The Morgan fingerprint density at radius 1 is 1.17 bits per heavy atom. The molecule has 3 N–H and O–H groups in total. The number of pyridine rings is 1. The van der Waals surface area contributed by atoms with Gasteiger partial charge in [0.15, 0.2) is 0 Å². The number of benzene rings is 1. The molecule has 1 fully saturated rings. The molecule has 3 rings (SSSR count). The van der Waals surface area contributed by atoms with Crippen LogP contribution in [0, 0.1) is 0 Å². The van der Waals surface area contributed by atoms with Gasteiger partial charge in [-0.3, -0.25) is 23.2 Å². The SMILES string of the molecule is CCOC(=O)Oc1ccc(C2OP(=O)(O)C(O)(Cc3cccnc3)P(=O)(O)O2)cc1. The Morgan fingerprint density at radius 3 is 2.33 bits per heavy atom. The van der Waals surface area contributed by atoms with Gasteiger partial charge >= 0.3 is 21.3 Å². The lowest BCUT2D eigenvalue weighted by atomic mass is 10.2. The molecule has 11 nitrogen and oxygen atoms in total. The molecule has 1 aromatic carbocycles. The molecule has 2 heterocycles. The molecule has 0 aliphatic carbocycles. The molecule has 2 atom stereocenters. The van der Waals surface area contributed by atoms with Crippen LogP contribution in [0.5, 0.6) is 5.75 Å². The maximum absolute atomic E-state index is 12.7. The fourth-order valence-corrected chi connectivity index (χ4v) is 6.22. The van der Waals surface area contributed by atoms with Gasteiger partial charge in [0.2, 0.25) is 6.29 Å². The van der Waals surface area contributed by atoms with Crippen molar-refractivity contribution >= 4 is 21.3 Å². The summed E-state index contributed by atoms with van der Waals surface area (Å²) in [5, 5.41) is 7.59. The van der Waals surface area contributed by atoms with Crippen LogP contribution < -0.4 is 4.74 Å². The standard InChI is InChI=1S/C17H19NO10P2/c1-2-25-16(19)26-14-7-5-13(6-8-14)15-27-29(21,22)17(20,30(23,24)28-15)10-12-4-3-9-18-11-12/h3-9,11,15,20H,2,10H2,1H3,(H,21,22)(H,23,24). The van der Waals surface area contributed by atoms with Crippen LogP contribution in [0.1, 0.15) is 24.3 Å². The molecule has 0 bridgehead atoms. The monoisotopic (exact) mass is 459 g/mol. The van der Waals surface area contributed by atoms with Gasteiger partial charge in [-0.15, -0.1) is 0 Å². The highest BCUT2D eigenvalue weighted by atomic mass is 31.2. The van der Waals surface area contributed by atoms with E-state index in [0.717, 1.165) is 0 Å². The second-order valence-electron chi connectivity index (χ2n) is 6.25. The molecule has 1 aromatic heterocycles. The lowest BCUT2D eigenvalue weighted by Crippen LogP contribution is -2.37. The van der Waals surface area contributed by atoms with Gasteiger partial charge in [-0.25, -0.2) is 4.79 Å². The minimum absolute atomic E-state index is 0.0817. The Morgan fingerprint density at radius 2 is 1.80 bits per heavy atom. The fraction of sp³-hybridized carbons (Fsp3) is 0.294. The maximum Gasteiger partial charge on any atom is 0.513 e. The molecule has 162 valence electrons. The van der Waals surface area contributed by atoms with Gasteiger partial charge in [-0.05, 0) is 30.7 Å². The second kappa shape index (κ2) is 8.56. The number of carbonyl (C=O) groups is 1. The molecule has 0 saturated carbocycles. The maximum atomic E-state index is 12.7. The Balaban J connectivity index is 1.82. The third-order valence-corrected chi connectivity index (χ3v) is 8.76. The quantitative estimate of drug-likeness (QED) is 0.342. The van der Waals surface area contributed by atoms with Crippen LogP contribution in [0.2, 0.25) is 0 Å². The minimum Gasteiger partial charge on any atom is -0.434 e. The summed E-state index contributed by atoms with van der Waals surface area (Å²) >= 11 is 0. The predicted octanol–water partition coefficient (Wildman–Crippen LogP) is 2.92. The minimum atomic E-state index is -5.08. The molecule has 13 heteroatoms. The topological polar surface area (TPSA) is 162 Å². The summed E-state index contributed by atoms with van der Waals surface area (Å²) in [6, 6.07) is 8.16. The summed E-state index contributed by atoms with van der Waals surface area (Å²) in [6.07, 6.45) is -0.629. The van der Waals surface area contributed by atoms with E-state index in [1.807, 2.05) is 0 Å². The Labute approximate surface area is 171 Å². The highest BCUT2D eigenvalue weighted by Crippen LogP contribution is 2.79. The zero-order valence-corrected chi connectivity index (χ0v) is 17.4. The third-order valence-electron chi connectivity index (χ3n) is 4.16. The van der Waals surface area contributed by atoms with E-state index in [2.05, 4.69) is 9.72 Å². The number of aliphatic hydroxyl groups is 1. The van der Waals surface area contributed by atoms with E-state index in [0.29, 0.717) is 0 Å². The van der Waals surface area contributed by atoms with Crippen LogP contribution in [0.3, 0.4) is 0 Å². The summed E-state index contributed by atoms with van der Waals surface area (Å²) in [7, 11) is -10.2.